The average Bonchev–Trinajstić information content (AvgIpc) is 2.59. The highest BCUT2D eigenvalue weighted by Gasteiger charge is 2.12. The second-order valence-corrected chi connectivity index (χ2v) is 4.98. The Hall–Kier alpha value is -1.33. The maximum Gasteiger partial charge on any atom is 0.0950 e. The van der Waals surface area contributed by atoms with Crippen LogP contribution in [0.2, 0.25) is 0 Å². The van der Waals surface area contributed by atoms with Crippen LogP contribution >= 0.6 is 11.3 Å². The van der Waals surface area contributed by atoms with Gasteiger partial charge in [0.05, 0.1) is 22.4 Å². The SMILES string of the molecule is Cc1nc(CC(N)c2cnccn2)sc1C. The van der Waals surface area contributed by atoms with E-state index >= 15 is 0 Å². The van der Waals surface area contributed by atoms with Crippen molar-refractivity contribution in [3.63, 3.8) is 0 Å². The number of hydrogen-bond donors (Lipinski definition) is 1. The van der Waals surface area contributed by atoms with Crippen molar-refractivity contribution in [1.82, 2.24) is 15.0 Å². The van der Waals surface area contributed by atoms with Crippen LogP contribution in [0.15, 0.2) is 18.6 Å². The summed E-state index contributed by atoms with van der Waals surface area (Å²) in [6, 6.07) is -0.126. The highest BCUT2D eigenvalue weighted by molar-refractivity contribution is 7.11. The Morgan fingerprint density at radius 1 is 1.38 bits per heavy atom. The molecule has 2 aromatic rings. The van der Waals surface area contributed by atoms with Crippen LogP contribution in [0.25, 0.3) is 0 Å². The molecule has 2 aromatic heterocycles. The maximum absolute atomic E-state index is 6.05. The van der Waals surface area contributed by atoms with Gasteiger partial charge < -0.3 is 5.73 Å². The zero-order valence-electron chi connectivity index (χ0n) is 9.34. The molecule has 5 heteroatoms. The van der Waals surface area contributed by atoms with E-state index in [1.54, 1.807) is 29.9 Å². The number of rotatable bonds is 3. The van der Waals surface area contributed by atoms with Crippen LogP contribution in [-0.2, 0) is 6.42 Å². The fourth-order valence-corrected chi connectivity index (χ4v) is 2.41. The van der Waals surface area contributed by atoms with Crippen LogP contribution in [0, 0.1) is 13.8 Å². The Balaban J connectivity index is 2.11. The Bertz CT molecular complexity index is 447. The maximum atomic E-state index is 6.05. The first-order valence-electron chi connectivity index (χ1n) is 5.11. The van der Waals surface area contributed by atoms with Crippen molar-refractivity contribution >= 4 is 11.3 Å². The van der Waals surface area contributed by atoms with Gasteiger partial charge in [0.1, 0.15) is 0 Å². The summed E-state index contributed by atoms with van der Waals surface area (Å²) in [5, 5.41) is 1.06. The standard InChI is InChI=1S/C11H14N4S/c1-7-8(2)16-11(15-7)5-9(12)10-6-13-3-4-14-10/h3-4,6,9H,5,12H2,1-2H3. The number of nitrogens with two attached hydrogens (primary N) is 1. The van der Waals surface area contributed by atoms with Gasteiger partial charge in [0, 0.05) is 29.9 Å². The van der Waals surface area contributed by atoms with Crippen LogP contribution in [0.3, 0.4) is 0 Å². The summed E-state index contributed by atoms with van der Waals surface area (Å²) in [4.78, 5) is 13.9. The largest absolute Gasteiger partial charge is 0.322 e. The van der Waals surface area contributed by atoms with Gasteiger partial charge in [-0.25, -0.2) is 4.98 Å². The Morgan fingerprint density at radius 3 is 2.75 bits per heavy atom. The lowest BCUT2D eigenvalue weighted by atomic mass is 10.2. The zero-order chi connectivity index (χ0) is 11.5. The summed E-state index contributed by atoms with van der Waals surface area (Å²) in [5.41, 5.74) is 7.95. The van der Waals surface area contributed by atoms with Crippen molar-refractivity contribution in [3.8, 4) is 0 Å². The van der Waals surface area contributed by atoms with Gasteiger partial charge in [0.2, 0.25) is 0 Å². The summed E-state index contributed by atoms with van der Waals surface area (Å²) in [6.07, 6.45) is 5.73. The molecule has 1 unspecified atom stereocenters. The molecule has 1 atom stereocenters. The third-order valence-corrected chi connectivity index (χ3v) is 3.53. The molecule has 0 bridgehead atoms. The fourth-order valence-electron chi connectivity index (χ4n) is 1.42. The Morgan fingerprint density at radius 2 is 2.19 bits per heavy atom. The quantitative estimate of drug-likeness (QED) is 0.879. The van der Waals surface area contributed by atoms with E-state index < -0.39 is 0 Å². The van der Waals surface area contributed by atoms with Crippen molar-refractivity contribution < 1.29 is 0 Å². The lowest BCUT2D eigenvalue weighted by Gasteiger charge is -2.07. The predicted octanol–water partition coefficient (Wildman–Crippen LogP) is 1.79. The van der Waals surface area contributed by atoms with Gasteiger partial charge in [-0.05, 0) is 13.8 Å². The van der Waals surface area contributed by atoms with Crippen LogP contribution in [0.4, 0.5) is 0 Å². The fraction of sp³-hybridized carbons (Fsp3) is 0.364. The van der Waals surface area contributed by atoms with Gasteiger partial charge in [0.15, 0.2) is 0 Å². The molecule has 2 heterocycles. The normalized spacial score (nSPS) is 12.7. The molecular formula is C11H14N4S. The van der Waals surface area contributed by atoms with E-state index in [4.69, 9.17) is 5.73 Å². The van der Waals surface area contributed by atoms with Crippen molar-refractivity contribution in [3.05, 3.63) is 39.9 Å². The molecule has 0 saturated heterocycles. The third-order valence-electron chi connectivity index (χ3n) is 2.43. The number of aromatic nitrogens is 3. The lowest BCUT2D eigenvalue weighted by Crippen LogP contribution is -2.14. The molecule has 0 aliphatic carbocycles. The number of nitrogens with zero attached hydrogens (tertiary/aromatic N) is 3. The molecule has 0 aliphatic heterocycles. The second kappa shape index (κ2) is 4.67. The van der Waals surface area contributed by atoms with E-state index in [-0.39, 0.29) is 6.04 Å². The second-order valence-electron chi connectivity index (χ2n) is 3.69. The highest BCUT2D eigenvalue weighted by Crippen LogP contribution is 2.20. The van der Waals surface area contributed by atoms with Gasteiger partial charge in [0.25, 0.3) is 0 Å². The van der Waals surface area contributed by atoms with Crippen molar-refractivity contribution in [2.45, 2.75) is 26.3 Å². The van der Waals surface area contributed by atoms with Crippen molar-refractivity contribution in [2.75, 3.05) is 0 Å². The number of thiazole rings is 1. The van der Waals surface area contributed by atoms with Gasteiger partial charge in [-0.15, -0.1) is 11.3 Å². The highest BCUT2D eigenvalue weighted by atomic mass is 32.1. The van der Waals surface area contributed by atoms with E-state index in [1.807, 2.05) is 6.92 Å². The zero-order valence-corrected chi connectivity index (χ0v) is 10.2. The molecule has 16 heavy (non-hydrogen) atoms. The summed E-state index contributed by atoms with van der Waals surface area (Å²) < 4.78 is 0. The number of aryl methyl sites for hydroxylation is 2. The molecular weight excluding hydrogens is 220 g/mol. The monoisotopic (exact) mass is 234 g/mol. The lowest BCUT2D eigenvalue weighted by molar-refractivity contribution is 0.687. The number of hydrogen-bond acceptors (Lipinski definition) is 5. The molecule has 2 N–H and O–H groups in total. The van der Waals surface area contributed by atoms with Crippen LogP contribution in [-0.4, -0.2) is 15.0 Å². The van der Waals surface area contributed by atoms with Gasteiger partial charge >= 0.3 is 0 Å². The van der Waals surface area contributed by atoms with E-state index in [0.29, 0.717) is 0 Å². The molecule has 0 fully saturated rings. The average molecular weight is 234 g/mol. The summed E-state index contributed by atoms with van der Waals surface area (Å²) in [5.74, 6) is 0. The molecule has 84 valence electrons. The molecule has 4 nitrogen and oxygen atoms in total. The minimum absolute atomic E-state index is 0.126. The van der Waals surface area contributed by atoms with Crippen molar-refractivity contribution in [1.29, 1.82) is 0 Å². The molecule has 0 aliphatic rings. The van der Waals surface area contributed by atoms with Crippen LogP contribution in [0.1, 0.15) is 27.3 Å². The first-order valence-corrected chi connectivity index (χ1v) is 5.93. The minimum atomic E-state index is -0.126. The first-order chi connectivity index (χ1) is 7.66. The first kappa shape index (κ1) is 11.2. The van der Waals surface area contributed by atoms with Gasteiger partial charge in [-0.3, -0.25) is 9.97 Å². The Labute approximate surface area is 98.6 Å². The van der Waals surface area contributed by atoms with Crippen LogP contribution in [0.5, 0.6) is 0 Å². The third kappa shape index (κ3) is 2.43. The minimum Gasteiger partial charge on any atom is -0.322 e. The molecule has 0 aromatic carbocycles. The summed E-state index contributed by atoms with van der Waals surface area (Å²) >= 11 is 1.70. The van der Waals surface area contributed by atoms with Gasteiger partial charge in [-0.1, -0.05) is 0 Å². The van der Waals surface area contributed by atoms with E-state index in [1.165, 1.54) is 4.88 Å². The van der Waals surface area contributed by atoms with Gasteiger partial charge in [-0.2, -0.15) is 0 Å². The molecule has 0 spiro atoms. The molecule has 0 radical (unpaired) electrons. The summed E-state index contributed by atoms with van der Waals surface area (Å²) in [6.45, 7) is 4.09. The van der Waals surface area contributed by atoms with E-state index in [9.17, 15) is 0 Å². The molecule has 2 rings (SSSR count). The van der Waals surface area contributed by atoms with E-state index in [2.05, 4.69) is 21.9 Å². The van der Waals surface area contributed by atoms with Crippen molar-refractivity contribution in [2.24, 2.45) is 5.73 Å². The van der Waals surface area contributed by atoms with E-state index in [0.717, 1.165) is 22.8 Å². The Kier molecular flexibility index (Phi) is 3.26. The smallest absolute Gasteiger partial charge is 0.0950 e. The van der Waals surface area contributed by atoms with Crippen LogP contribution < -0.4 is 5.73 Å². The summed E-state index contributed by atoms with van der Waals surface area (Å²) in [7, 11) is 0. The molecule has 0 amide bonds. The topological polar surface area (TPSA) is 64.7 Å². The molecule has 0 saturated carbocycles. The predicted molar refractivity (Wildman–Crippen MR) is 64.3 cm³/mol.